The van der Waals surface area contributed by atoms with Crippen LogP contribution >= 0.6 is 11.3 Å². The summed E-state index contributed by atoms with van der Waals surface area (Å²) < 4.78 is 11.6. The lowest BCUT2D eigenvalue weighted by Crippen LogP contribution is -2.00. The largest absolute Gasteiger partial charge is 0.456 e. The summed E-state index contributed by atoms with van der Waals surface area (Å²) >= 11 is 1.81. The highest BCUT2D eigenvalue weighted by Crippen LogP contribution is 2.43. The van der Waals surface area contributed by atoms with Gasteiger partial charge in [-0.1, -0.05) is 133 Å². The van der Waals surface area contributed by atoms with Crippen molar-refractivity contribution in [1.82, 2.24) is 19.5 Å². The number of aromatic nitrogens is 4. The molecule has 0 unspecified atom stereocenters. The SMILES string of the molecule is c1ccc(-c2nc(-c3ccc4sc5ccccc5c4c3)nc(-c3cccc4oc5ccc6cc(-n7c8cc9ccccc9cc8c8ccc9ccccc9c87)ccc6c5c34)n2)cc1. The van der Waals surface area contributed by atoms with E-state index in [2.05, 4.69) is 168 Å². The average Bonchev–Trinajstić information content (AvgIpc) is 4.02. The molecule has 4 aromatic heterocycles. The summed E-state index contributed by atoms with van der Waals surface area (Å²) in [6, 6.07) is 69.2. The number of benzene rings is 10. The molecule has 0 radical (unpaired) electrons. The van der Waals surface area contributed by atoms with Crippen molar-refractivity contribution in [3.63, 3.8) is 0 Å². The molecule has 0 saturated carbocycles. The van der Waals surface area contributed by atoms with Crippen LogP contribution < -0.4 is 0 Å². The first kappa shape index (κ1) is 34.5. The van der Waals surface area contributed by atoms with Crippen LogP contribution in [0.15, 0.2) is 199 Å². The third-order valence-electron chi connectivity index (χ3n) is 12.8. The van der Waals surface area contributed by atoms with Gasteiger partial charge >= 0.3 is 0 Å². The van der Waals surface area contributed by atoms with Gasteiger partial charge in [-0.25, -0.2) is 15.0 Å². The lowest BCUT2D eigenvalue weighted by atomic mass is 9.99. The number of thiophene rings is 1. The molecule has 0 aliphatic carbocycles. The van der Waals surface area contributed by atoms with Crippen LogP contribution in [0.3, 0.4) is 0 Å². The van der Waals surface area contributed by atoms with Gasteiger partial charge in [0.2, 0.25) is 0 Å². The summed E-state index contributed by atoms with van der Waals surface area (Å²) in [6.07, 6.45) is 0. The Labute approximate surface area is 363 Å². The van der Waals surface area contributed by atoms with Crippen LogP contribution in [0.5, 0.6) is 0 Å². The second-order valence-corrected chi connectivity index (χ2v) is 17.4. The number of furan rings is 1. The number of hydrogen-bond acceptors (Lipinski definition) is 5. The van der Waals surface area contributed by atoms with Gasteiger partial charge in [0.05, 0.1) is 11.0 Å². The zero-order chi connectivity index (χ0) is 41.2. The molecule has 0 saturated heterocycles. The van der Waals surface area contributed by atoms with E-state index in [9.17, 15) is 0 Å². The Morgan fingerprint density at radius 1 is 0.381 bits per heavy atom. The van der Waals surface area contributed by atoms with Gasteiger partial charge in [-0.3, -0.25) is 0 Å². The zero-order valence-electron chi connectivity index (χ0n) is 33.6. The van der Waals surface area contributed by atoms with E-state index < -0.39 is 0 Å². The Morgan fingerprint density at radius 2 is 1.08 bits per heavy atom. The summed E-state index contributed by atoms with van der Waals surface area (Å²) in [5, 5.41) is 14.1. The smallest absolute Gasteiger partial charge is 0.164 e. The van der Waals surface area contributed by atoms with Gasteiger partial charge in [-0.15, -0.1) is 11.3 Å². The second-order valence-electron chi connectivity index (χ2n) is 16.3. The Kier molecular flexibility index (Phi) is 7.21. The van der Waals surface area contributed by atoms with Crippen molar-refractivity contribution < 1.29 is 4.42 Å². The predicted octanol–water partition coefficient (Wildman–Crippen LogP) is 15.7. The van der Waals surface area contributed by atoms with Crippen molar-refractivity contribution in [2.75, 3.05) is 0 Å². The molecule has 4 heterocycles. The Morgan fingerprint density at radius 3 is 1.97 bits per heavy atom. The summed E-state index contributed by atoms with van der Waals surface area (Å²) in [6.45, 7) is 0. The molecule has 14 aromatic rings. The predicted molar refractivity (Wildman–Crippen MR) is 263 cm³/mol. The van der Waals surface area contributed by atoms with E-state index in [1.165, 1.54) is 63.5 Å². The quantitative estimate of drug-likeness (QED) is 0.177. The molecule has 0 amide bonds. The Balaban J connectivity index is 0.999. The van der Waals surface area contributed by atoms with Gasteiger partial charge in [-0.2, -0.15) is 0 Å². The van der Waals surface area contributed by atoms with E-state index in [-0.39, 0.29) is 0 Å². The Bertz CT molecular complexity index is 4220. The molecule has 63 heavy (non-hydrogen) atoms. The summed E-state index contributed by atoms with van der Waals surface area (Å²) in [5.74, 6) is 1.85. The number of rotatable bonds is 4. The first-order chi connectivity index (χ1) is 31.2. The molecule has 0 N–H and O–H groups in total. The molecule has 0 bridgehead atoms. The van der Waals surface area contributed by atoms with E-state index in [4.69, 9.17) is 19.4 Å². The van der Waals surface area contributed by atoms with E-state index in [0.29, 0.717) is 17.5 Å². The highest BCUT2D eigenvalue weighted by Gasteiger charge is 2.21. The monoisotopic (exact) mass is 820 g/mol. The van der Waals surface area contributed by atoms with Crippen LogP contribution in [0.4, 0.5) is 0 Å². The fourth-order valence-corrected chi connectivity index (χ4v) is 11.0. The maximum absolute atomic E-state index is 6.66. The fourth-order valence-electron chi connectivity index (χ4n) is 9.90. The maximum atomic E-state index is 6.66. The summed E-state index contributed by atoms with van der Waals surface area (Å²) in [7, 11) is 0. The molecule has 5 nitrogen and oxygen atoms in total. The van der Waals surface area contributed by atoms with Gasteiger partial charge in [0.15, 0.2) is 17.5 Å². The first-order valence-electron chi connectivity index (χ1n) is 21.2. The molecule has 6 heteroatoms. The van der Waals surface area contributed by atoms with Gasteiger partial charge in [0.1, 0.15) is 11.2 Å². The lowest BCUT2D eigenvalue weighted by Gasteiger charge is -2.12. The van der Waals surface area contributed by atoms with E-state index in [0.717, 1.165) is 55.1 Å². The topological polar surface area (TPSA) is 56.7 Å². The van der Waals surface area contributed by atoms with Crippen molar-refractivity contribution in [3.05, 3.63) is 194 Å². The van der Waals surface area contributed by atoms with Crippen molar-refractivity contribution in [2.24, 2.45) is 0 Å². The van der Waals surface area contributed by atoms with Crippen LogP contribution in [-0.4, -0.2) is 19.5 Å². The van der Waals surface area contributed by atoms with E-state index in [1.807, 2.05) is 30.3 Å². The number of nitrogens with zero attached hydrogens (tertiary/aromatic N) is 4. The third kappa shape index (κ3) is 5.19. The van der Waals surface area contributed by atoms with Crippen LogP contribution in [0.25, 0.3) is 136 Å². The van der Waals surface area contributed by atoms with E-state index >= 15 is 0 Å². The maximum Gasteiger partial charge on any atom is 0.164 e. The van der Waals surface area contributed by atoms with Gasteiger partial charge in [0.25, 0.3) is 0 Å². The van der Waals surface area contributed by atoms with Crippen LogP contribution in [0.2, 0.25) is 0 Å². The van der Waals surface area contributed by atoms with Gasteiger partial charge < -0.3 is 8.98 Å². The summed E-state index contributed by atoms with van der Waals surface area (Å²) in [4.78, 5) is 15.6. The third-order valence-corrected chi connectivity index (χ3v) is 13.9. The fraction of sp³-hybridized carbons (Fsp3) is 0. The normalized spacial score (nSPS) is 12.1. The molecule has 292 valence electrons. The minimum atomic E-state index is 0.598. The van der Waals surface area contributed by atoms with Crippen molar-refractivity contribution in [1.29, 1.82) is 0 Å². The van der Waals surface area contributed by atoms with Crippen LogP contribution in [-0.2, 0) is 0 Å². The van der Waals surface area contributed by atoms with Gasteiger partial charge in [0, 0.05) is 69.5 Å². The summed E-state index contributed by atoms with van der Waals surface area (Å²) in [5.41, 5.74) is 7.87. The highest BCUT2D eigenvalue weighted by atomic mass is 32.1. The second kappa shape index (κ2) is 13.2. The molecule has 0 fully saturated rings. The standard InChI is InChI=1S/C57H32N4OS/c1-2-12-34(13-3-1)55-58-56(38-23-28-51-46(31-38)42-17-8-9-20-50(42)63-51)60-57(59-55)44-18-10-19-48-53(44)52-40-26-24-39(29-37(40)22-27-49(52)62-48)61-47-32-36-15-5-4-14-35(36)30-45(47)43-25-21-33-11-6-7-16-41(33)54(43)61/h1-32H. The minimum absolute atomic E-state index is 0.598. The number of hydrogen-bond donors (Lipinski definition) is 0. The van der Waals surface area contributed by atoms with Crippen LogP contribution in [0, 0.1) is 0 Å². The Hall–Kier alpha value is -8.19. The molecule has 0 aliphatic heterocycles. The zero-order valence-corrected chi connectivity index (χ0v) is 34.4. The van der Waals surface area contributed by atoms with Crippen molar-refractivity contribution >= 4 is 108 Å². The van der Waals surface area contributed by atoms with Crippen molar-refractivity contribution in [2.45, 2.75) is 0 Å². The molecular weight excluding hydrogens is 789 g/mol. The molecule has 0 atom stereocenters. The minimum Gasteiger partial charge on any atom is -0.456 e. The lowest BCUT2D eigenvalue weighted by molar-refractivity contribution is 0.669. The molecule has 0 aliphatic rings. The molecule has 14 rings (SSSR count). The molecule has 10 aromatic carbocycles. The van der Waals surface area contributed by atoms with Crippen LogP contribution in [0.1, 0.15) is 0 Å². The van der Waals surface area contributed by atoms with Crippen molar-refractivity contribution in [3.8, 4) is 39.9 Å². The van der Waals surface area contributed by atoms with Gasteiger partial charge in [-0.05, 0) is 87.6 Å². The molecular formula is C57H32N4OS. The average molecular weight is 821 g/mol. The number of fused-ring (bicyclic) bond motifs is 14. The highest BCUT2D eigenvalue weighted by molar-refractivity contribution is 7.25. The first-order valence-corrected chi connectivity index (χ1v) is 22.0. The molecule has 0 spiro atoms. The van der Waals surface area contributed by atoms with E-state index in [1.54, 1.807) is 11.3 Å².